The molecule has 1 aliphatic rings. The van der Waals surface area contributed by atoms with Crippen LogP contribution in [0.1, 0.15) is 71.4 Å². The Hall–Kier alpha value is -3.25. The summed E-state index contributed by atoms with van der Waals surface area (Å²) in [4.78, 5) is 23.0. The molecule has 0 bridgehead atoms. The summed E-state index contributed by atoms with van der Waals surface area (Å²) in [5.74, 6) is -0.779. The standard InChI is InChI=1S/C30H39N3O3/c1-4-13-27-22(5-2)16-12-21-33(27)28(34)20-19-25-24(6-3)32-30(23-14-8-7-9-15-23)26(31-25)17-10-11-18-29(35)36/h4,6-9,13-15,19,28,34H,5,10-12,16-18,20-21H2,1-3H3,(H,35,36)/b13-4-,24-6+,25-19+. The van der Waals surface area contributed by atoms with E-state index in [-0.39, 0.29) is 6.42 Å². The maximum absolute atomic E-state index is 11.1. The van der Waals surface area contributed by atoms with Crippen molar-refractivity contribution in [3.63, 3.8) is 0 Å². The highest BCUT2D eigenvalue weighted by Gasteiger charge is 2.22. The minimum absolute atomic E-state index is 0.151. The van der Waals surface area contributed by atoms with Crippen LogP contribution < -0.4 is 10.7 Å². The molecule has 192 valence electrons. The summed E-state index contributed by atoms with van der Waals surface area (Å²) < 4.78 is 0. The van der Waals surface area contributed by atoms with Gasteiger partial charge in [0.15, 0.2) is 0 Å². The summed E-state index contributed by atoms with van der Waals surface area (Å²) in [6.07, 6.45) is 13.1. The fourth-order valence-corrected chi connectivity index (χ4v) is 4.73. The number of nitrogens with zero attached hydrogens (tertiary/aromatic N) is 3. The normalized spacial score (nSPS) is 16.3. The number of carboxylic acids is 1. The second-order valence-electron chi connectivity index (χ2n) is 9.10. The van der Waals surface area contributed by atoms with Gasteiger partial charge in [-0.25, -0.2) is 9.97 Å². The van der Waals surface area contributed by atoms with Crippen molar-refractivity contribution in [1.82, 2.24) is 14.9 Å². The van der Waals surface area contributed by atoms with Crippen LogP contribution in [0, 0.1) is 0 Å². The lowest BCUT2D eigenvalue weighted by molar-refractivity contribution is -0.137. The molecule has 1 unspecified atom stereocenters. The molecule has 0 radical (unpaired) electrons. The Kier molecular flexibility index (Phi) is 10.4. The van der Waals surface area contributed by atoms with E-state index >= 15 is 0 Å². The molecule has 6 heteroatoms. The van der Waals surface area contributed by atoms with Gasteiger partial charge in [-0.15, -0.1) is 0 Å². The van der Waals surface area contributed by atoms with E-state index in [0.29, 0.717) is 19.3 Å². The number of hydrogen-bond acceptors (Lipinski definition) is 5. The molecule has 2 heterocycles. The molecule has 1 aromatic heterocycles. The van der Waals surface area contributed by atoms with Gasteiger partial charge in [-0.3, -0.25) is 4.79 Å². The Labute approximate surface area is 214 Å². The highest BCUT2D eigenvalue weighted by Crippen LogP contribution is 2.28. The first-order valence-corrected chi connectivity index (χ1v) is 13.1. The predicted octanol–water partition coefficient (Wildman–Crippen LogP) is 4.57. The van der Waals surface area contributed by atoms with Crippen molar-refractivity contribution in [3.05, 3.63) is 70.1 Å². The zero-order valence-corrected chi connectivity index (χ0v) is 21.8. The number of allylic oxidation sites excluding steroid dienone is 3. The molecule has 2 N–H and O–H groups in total. The lowest BCUT2D eigenvalue weighted by atomic mass is 9.98. The second kappa shape index (κ2) is 13.7. The first kappa shape index (κ1) is 27.3. The number of carboxylic acid groups (broad SMARTS) is 1. The second-order valence-corrected chi connectivity index (χ2v) is 9.10. The van der Waals surface area contributed by atoms with Crippen LogP contribution >= 0.6 is 0 Å². The number of aliphatic carboxylic acids is 1. The number of aryl methyl sites for hydroxylation is 1. The monoisotopic (exact) mass is 489 g/mol. The third-order valence-corrected chi connectivity index (χ3v) is 6.58. The Balaban J connectivity index is 1.94. The van der Waals surface area contributed by atoms with Crippen molar-refractivity contribution in [2.24, 2.45) is 0 Å². The van der Waals surface area contributed by atoms with Crippen molar-refractivity contribution in [3.8, 4) is 11.3 Å². The van der Waals surface area contributed by atoms with Crippen LogP contribution in [-0.4, -0.2) is 43.8 Å². The Morgan fingerprint density at radius 3 is 2.58 bits per heavy atom. The molecule has 0 amide bonds. The summed E-state index contributed by atoms with van der Waals surface area (Å²) in [5.41, 5.74) is 5.21. The average Bonchev–Trinajstić information content (AvgIpc) is 2.90. The molecule has 0 saturated heterocycles. The molecule has 0 saturated carbocycles. The van der Waals surface area contributed by atoms with Crippen LogP contribution in [-0.2, 0) is 11.2 Å². The van der Waals surface area contributed by atoms with Crippen LogP contribution in [0.25, 0.3) is 23.4 Å². The van der Waals surface area contributed by atoms with Crippen molar-refractivity contribution >= 4 is 18.1 Å². The van der Waals surface area contributed by atoms with E-state index in [1.807, 2.05) is 62.4 Å². The average molecular weight is 490 g/mol. The fourth-order valence-electron chi connectivity index (χ4n) is 4.73. The Morgan fingerprint density at radius 1 is 1.14 bits per heavy atom. The summed E-state index contributed by atoms with van der Waals surface area (Å²) in [7, 11) is 0. The van der Waals surface area contributed by atoms with E-state index in [2.05, 4.69) is 17.9 Å². The number of aliphatic hydroxyl groups excluding tert-OH is 1. The fraction of sp³-hybridized carbons (Fsp3) is 0.433. The van der Waals surface area contributed by atoms with Crippen molar-refractivity contribution in [2.75, 3.05) is 6.54 Å². The van der Waals surface area contributed by atoms with E-state index < -0.39 is 12.2 Å². The molecule has 0 fully saturated rings. The van der Waals surface area contributed by atoms with Crippen molar-refractivity contribution < 1.29 is 15.0 Å². The molecule has 1 aliphatic heterocycles. The third-order valence-electron chi connectivity index (χ3n) is 6.58. The highest BCUT2D eigenvalue weighted by atomic mass is 16.4. The number of unbranched alkanes of at least 4 members (excludes halogenated alkanes) is 1. The number of rotatable bonds is 11. The summed E-state index contributed by atoms with van der Waals surface area (Å²) in [6.45, 7) is 6.96. The quantitative estimate of drug-likeness (QED) is 0.450. The smallest absolute Gasteiger partial charge is 0.303 e. The van der Waals surface area contributed by atoms with Gasteiger partial charge >= 0.3 is 5.97 Å². The van der Waals surface area contributed by atoms with Crippen molar-refractivity contribution in [1.29, 1.82) is 0 Å². The van der Waals surface area contributed by atoms with E-state index in [1.54, 1.807) is 0 Å². The van der Waals surface area contributed by atoms with Gasteiger partial charge in [0.2, 0.25) is 0 Å². The molecule has 3 rings (SSSR count). The van der Waals surface area contributed by atoms with Crippen LogP contribution in [0.5, 0.6) is 0 Å². The molecule has 1 atom stereocenters. The van der Waals surface area contributed by atoms with Gasteiger partial charge in [-0.2, -0.15) is 0 Å². The van der Waals surface area contributed by atoms with Gasteiger partial charge in [0, 0.05) is 30.6 Å². The topological polar surface area (TPSA) is 86.5 Å². The minimum Gasteiger partial charge on any atom is -0.481 e. The molecule has 0 spiro atoms. The summed E-state index contributed by atoms with van der Waals surface area (Å²) in [6, 6.07) is 9.98. The number of benzene rings is 1. The number of aromatic nitrogens is 2. The number of hydrogen-bond donors (Lipinski definition) is 2. The highest BCUT2D eigenvalue weighted by molar-refractivity contribution is 5.66. The first-order chi connectivity index (χ1) is 17.5. The van der Waals surface area contributed by atoms with Gasteiger partial charge in [-0.1, -0.05) is 55.5 Å². The third kappa shape index (κ3) is 7.14. The Morgan fingerprint density at radius 2 is 1.92 bits per heavy atom. The SMILES string of the molecule is C/C=C\C1=C(CC)CCCN1C(O)C/C=c1/nc(CCCCC(=O)O)c(-c2ccccc2)n/c1=C/C. The largest absolute Gasteiger partial charge is 0.481 e. The summed E-state index contributed by atoms with van der Waals surface area (Å²) >= 11 is 0. The molecule has 1 aromatic carbocycles. The number of aliphatic hydroxyl groups is 1. The van der Waals surface area contributed by atoms with Gasteiger partial charge in [0.1, 0.15) is 6.23 Å². The van der Waals surface area contributed by atoms with Crippen LogP contribution in [0.4, 0.5) is 0 Å². The predicted molar refractivity (Wildman–Crippen MR) is 145 cm³/mol. The van der Waals surface area contributed by atoms with Crippen LogP contribution in [0.3, 0.4) is 0 Å². The molecule has 0 aliphatic carbocycles. The van der Waals surface area contributed by atoms with Gasteiger partial charge in [-0.05, 0) is 64.0 Å². The van der Waals surface area contributed by atoms with Crippen LogP contribution in [0.15, 0.2) is 53.8 Å². The van der Waals surface area contributed by atoms with Gasteiger partial charge in [0.25, 0.3) is 0 Å². The Bertz CT molecular complexity index is 1200. The molecular weight excluding hydrogens is 450 g/mol. The molecule has 36 heavy (non-hydrogen) atoms. The zero-order valence-electron chi connectivity index (χ0n) is 21.8. The lowest BCUT2D eigenvalue weighted by Gasteiger charge is -2.36. The van der Waals surface area contributed by atoms with E-state index in [1.165, 1.54) is 5.57 Å². The first-order valence-electron chi connectivity index (χ1n) is 13.1. The number of carbonyl (C=O) groups is 1. The van der Waals surface area contributed by atoms with Gasteiger partial charge < -0.3 is 15.1 Å². The van der Waals surface area contributed by atoms with E-state index in [9.17, 15) is 9.90 Å². The maximum Gasteiger partial charge on any atom is 0.303 e. The molecule has 2 aromatic rings. The van der Waals surface area contributed by atoms with Gasteiger partial charge in [0.05, 0.1) is 22.1 Å². The van der Waals surface area contributed by atoms with E-state index in [4.69, 9.17) is 15.1 Å². The molecule has 6 nitrogen and oxygen atoms in total. The van der Waals surface area contributed by atoms with Crippen molar-refractivity contribution in [2.45, 2.75) is 78.4 Å². The molecular formula is C30H39N3O3. The zero-order chi connectivity index (χ0) is 25.9. The summed E-state index contributed by atoms with van der Waals surface area (Å²) in [5, 5.41) is 21.7. The maximum atomic E-state index is 11.1. The van der Waals surface area contributed by atoms with E-state index in [0.717, 1.165) is 65.6 Å². The lowest BCUT2D eigenvalue weighted by Crippen LogP contribution is -2.39. The van der Waals surface area contributed by atoms with Crippen LogP contribution in [0.2, 0.25) is 0 Å². The minimum atomic E-state index is -0.779.